The van der Waals surface area contributed by atoms with E-state index in [1.165, 1.54) is 4.90 Å². The van der Waals surface area contributed by atoms with Crippen molar-refractivity contribution in [2.45, 2.75) is 63.4 Å². The number of likely N-dealkylation sites (tertiary alicyclic amines) is 1. The molecule has 2 aliphatic heterocycles. The second-order valence-corrected chi connectivity index (χ2v) is 8.36. The van der Waals surface area contributed by atoms with E-state index < -0.39 is 34.5 Å². The van der Waals surface area contributed by atoms with Gasteiger partial charge < -0.3 is 29.3 Å². The molecule has 2 heterocycles. The third-order valence-corrected chi connectivity index (χ3v) is 5.53. The van der Waals surface area contributed by atoms with Crippen LogP contribution in [0.4, 0.5) is 4.79 Å². The Morgan fingerprint density at radius 1 is 1.04 bits per heavy atom. The van der Waals surface area contributed by atoms with Gasteiger partial charge in [0.05, 0.1) is 18.8 Å². The fraction of sp³-hybridized carbons (Fsp3) is 0.882. The lowest BCUT2D eigenvalue weighted by atomic mass is 9.60. The molecule has 0 bridgehead atoms. The monoisotopic (exact) mass is 357 g/mol. The van der Waals surface area contributed by atoms with Crippen molar-refractivity contribution >= 4 is 12.1 Å². The molecule has 25 heavy (non-hydrogen) atoms. The van der Waals surface area contributed by atoms with Crippen molar-refractivity contribution in [2.24, 2.45) is 5.41 Å². The van der Waals surface area contributed by atoms with Gasteiger partial charge in [-0.1, -0.05) is 0 Å². The molecule has 1 amide bonds. The second kappa shape index (κ2) is 5.82. The van der Waals surface area contributed by atoms with Gasteiger partial charge in [0, 0.05) is 25.9 Å². The van der Waals surface area contributed by atoms with Gasteiger partial charge >= 0.3 is 12.1 Å². The van der Waals surface area contributed by atoms with Crippen molar-refractivity contribution in [3.05, 3.63) is 0 Å². The van der Waals surface area contributed by atoms with Crippen LogP contribution in [0.5, 0.6) is 0 Å². The highest BCUT2D eigenvalue weighted by Gasteiger charge is 2.66. The van der Waals surface area contributed by atoms with Crippen LogP contribution in [0.2, 0.25) is 0 Å². The molecular weight excluding hydrogens is 330 g/mol. The summed E-state index contributed by atoms with van der Waals surface area (Å²) in [6.07, 6.45) is 0.876. The Morgan fingerprint density at radius 2 is 1.56 bits per heavy atom. The predicted octanol–water partition coefficient (Wildman–Crippen LogP) is 1.36. The molecule has 1 spiro atoms. The van der Waals surface area contributed by atoms with E-state index in [2.05, 4.69) is 0 Å². The summed E-state index contributed by atoms with van der Waals surface area (Å²) < 4.78 is 16.6. The molecule has 1 aliphatic carbocycles. The molecule has 2 saturated heterocycles. The molecule has 3 fully saturated rings. The largest absolute Gasteiger partial charge is 0.481 e. The zero-order chi connectivity index (χ0) is 18.5. The number of rotatable bonds is 2. The zero-order valence-electron chi connectivity index (χ0n) is 15.0. The molecular formula is C17H27NO7. The van der Waals surface area contributed by atoms with Crippen LogP contribution < -0.4 is 0 Å². The van der Waals surface area contributed by atoms with E-state index in [4.69, 9.17) is 14.2 Å². The second-order valence-electron chi connectivity index (χ2n) is 8.36. The van der Waals surface area contributed by atoms with Gasteiger partial charge in [-0.25, -0.2) is 4.79 Å². The van der Waals surface area contributed by atoms with Crippen LogP contribution in [-0.4, -0.2) is 70.5 Å². The number of amides is 1. The first kappa shape index (κ1) is 18.4. The molecule has 2 N–H and O–H groups in total. The van der Waals surface area contributed by atoms with E-state index in [9.17, 15) is 19.8 Å². The van der Waals surface area contributed by atoms with Gasteiger partial charge in [-0.3, -0.25) is 4.79 Å². The van der Waals surface area contributed by atoms with E-state index >= 15 is 0 Å². The summed E-state index contributed by atoms with van der Waals surface area (Å²) in [6.45, 7) is 6.20. The van der Waals surface area contributed by atoms with E-state index in [0.717, 1.165) is 0 Å². The Hall–Kier alpha value is -1.38. The van der Waals surface area contributed by atoms with Crippen LogP contribution in [-0.2, 0) is 19.0 Å². The number of hydrogen-bond donors (Lipinski definition) is 2. The number of carboxylic acid groups (broad SMARTS) is 1. The minimum Gasteiger partial charge on any atom is -0.481 e. The summed E-state index contributed by atoms with van der Waals surface area (Å²) in [5.74, 6) is -1.76. The van der Waals surface area contributed by atoms with Gasteiger partial charge in [-0.15, -0.1) is 0 Å². The SMILES string of the molecule is CC(C)(C)OC(=O)N1CC(C(=O)O)(C2(O)CCC3(CC2)OCCO3)C1. The molecule has 8 nitrogen and oxygen atoms in total. The van der Waals surface area contributed by atoms with E-state index in [-0.39, 0.29) is 25.9 Å². The van der Waals surface area contributed by atoms with Gasteiger partial charge in [-0.2, -0.15) is 0 Å². The molecule has 8 heteroatoms. The fourth-order valence-electron chi connectivity index (χ4n) is 4.00. The number of aliphatic hydroxyl groups is 1. The number of aliphatic carboxylic acids is 1. The molecule has 0 aromatic heterocycles. The maximum atomic E-state index is 12.1. The van der Waals surface area contributed by atoms with Crippen LogP contribution in [0.25, 0.3) is 0 Å². The van der Waals surface area contributed by atoms with Crippen molar-refractivity contribution in [3.63, 3.8) is 0 Å². The zero-order valence-corrected chi connectivity index (χ0v) is 15.0. The highest BCUT2D eigenvalue weighted by atomic mass is 16.7. The third kappa shape index (κ3) is 3.11. The van der Waals surface area contributed by atoms with Crippen LogP contribution in [0.1, 0.15) is 46.5 Å². The standard InChI is InChI=1S/C17H27NO7/c1-14(2,3)25-13(21)18-10-15(11-18,12(19)20)16(22)4-6-17(7-5-16)23-8-9-24-17/h22H,4-11H2,1-3H3,(H,19,20). The maximum absolute atomic E-state index is 12.1. The van der Waals surface area contributed by atoms with Gasteiger partial charge in [0.1, 0.15) is 11.0 Å². The van der Waals surface area contributed by atoms with Crippen molar-refractivity contribution < 1.29 is 34.0 Å². The molecule has 3 aliphatic rings. The van der Waals surface area contributed by atoms with Crippen LogP contribution in [0, 0.1) is 5.41 Å². The molecule has 0 unspecified atom stereocenters. The topological polar surface area (TPSA) is 106 Å². The minimum atomic E-state index is -1.39. The van der Waals surface area contributed by atoms with Crippen molar-refractivity contribution in [2.75, 3.05) is 26.3 Å². The highest BCUT2D eigenvalue weighted by molar-refractivity contribution is 5.82. The number of carboxylic acids is 1. The molecule has 0 atom stereocenters. The first-order chi connectivity index (χ1) is 11.5. The minimum absolute atomic E-state index is 0.0531. The summed E-state index contributed by atoms with van der Waals surface area (Å²) in [5.41, 5.74) is -3.41. The summed E-state index contributed by atoms with van der Waals surface area (Å²) in [5, 5.41) is 20.9. The summed E-state index contributed by atoms with van der Waals surface area (Å²) in [6, 6.07) is 0. The Balaban J connectivity index is 1.68. The van der Waals surface area contributed by atoms with Crippen molar-refractivity contribution in [1.29, 1.82) is 0 Å². The molecule has 0 aromatic rings. The van der Waals surface area contributed by atoms with Crippen LogP contribution in [0.15, 0.2) is 0 Å². The average Bonchev–Trinajstić information content (AvgIpc) is 2.88. The lowest BCUT2D eigenvalue weighted by Gasteiger charge is -2.57. The Morgan fingerprint density at radius 3 is 2.00 bits per heavy atom. The molecule has 1 saturated carbocycles. The smallest absolute Gasteiger partial charge is 0.410 e. The maximum Gasteiger partial charge on any atom is 0.410 e. The number of nitrogens with zero attached hydrogens (tertiary/aromatic N) is 1. The quantitative estimate of drug-likeness (QED) is 0.768. The van der Waals surface area contributed by atoms with E-state index in [1.54, 1.807) is 20.8 Å². The lowest BCUT2D eigenvalue weighted by Crippen LogP contribution is -2.73. The molecule has 3 rings (SSSR count). The van der Waals surface area contributed by atoms with Gasteiger partial charge in [-0.05, 0) is 33.6 Å². The first-order valence-electron chi connectivity index (χ1n) is 8.73. The van der Waals surface area contributed by atoms with E-state index in [0.29, 0.717) is 26.1 Å². The highest BCUT2D eigenvalue weighted by Crippen LogP contribution is 2.52. The number of carbonyl (C=O) groups excluding carboxylic acids is 1. The Labute approximate surface area is 147 Å². The summed E-state index contributed by atoms with van der Waals surface area (Å²) >= 11 is 0. The summed E-state index contributed by atoms with van der Waals surface area (Å²) in [7, 11) is 0. The van der Waals surface area contributed by atoms with Crippen LogP contribution in [0.3, 0.4) is 0 Å². The fourth-order valence-corrected chi connectivity index (χ4v) is 4.00. The number of carbonyl (C=O) groups is 2. The van der Waals surface area contributed by atoms with Gasteiger partial charge in [0.2, 0.25) is 0 Å². The predicted molar refractivity (Wildman–Crippen MR) is 85.9 cm³/mol. The van der Waals surface area contributed by atoms with Gasteiger partial charge in [0.15, 0.2) is 5.79 Å². The van der Waals surface area contributed by atoms with Crippen LogP contribution >= 0.6 is 0 Å². The molecule has 0 radical (unpaired) electrons. The van der Waals surface area contributed by atoms with Gasteiger partial charge in [0.25, 0.3) is 0 Å². The van der Waals surface area contributed by atoms with Crippen molar-refractivity contribution in [3.8, 4) is 0 Å². The summed E-state index contributed by atoms with van der Waals surface area (Å²) in [4.78, 5) is 25.4. The Bertz CT molecular complexity index is 546. The normalized spacial score (nSPS) is 27.0. The number of hydrogen-bond acceptors (Lipinski definition) is 6. The average molecular weight is 357 g/mol. The first-order valence-corrected chi connectivity index (χ1v) is 8.73. The lowest BCUT2D eigenvalue weighted by molar-refractivity contribution is -0.242. The molecule has 0 aromatic carbocycles. The van der Waals surface area contributed by atoms with E-state index in [1.807, 2.05) is 0 Å². The Kier molecular flexibility index (Phi) is 4.29. The number of ether oxygens (including phenoxy) is 3. The third-order valence-electron chi connectivity index (χ3n) is 5.53. The van der Waals surface area contributed by atoms with Crippen molar-refractivity contribution in [1.82, 2.24) is 4.90 Å². The molecule has 142 valence electrons.